The first-order valence-corrected chi connectivity index (χ1v) is 7.96. The number of amides is 1. The van der Waals surface area contributed by atoms with Crippen LogP contribution in [0.2, 0.25) is 0 Å². The van der Waals surface area contributed by atoms with E-state index in [4.69, 9.17) is 4.74 Å². The number of rotatable bonds is 3. The van der Waals surface area contributed by atoms with E-state index in [0.29, 0.717) is 5.56 Å². The molecule has 0 spiro atoms. The zero-order chi connectivity index (χ0) is 15.4. The predicted octanol–water partition coefficient (Wildman–Crippen LogP) is 3.22. The van der Waals surface area contributed by atoms with Crippen LogP contribution in [0, 0.1) is 12.8 Å². The van der Waals surface area contributed by atoms with E-state index in [1.807, 2.05) is 25.1 Å². The third-order valence-electron chi connectivity index (χ3n) is 4.03. The van der Waals surface area contributed by atoms with E-state index >= 15 is 0 Å². The van der Waals surface area contributed by atoms with Gasteiger partial charge in [0.2, 0.25) is 0 Å². The summed E-state index contributed by atoms with van der Waals surface area (Å²) in [6.45, 7) is 1.96. The van der Waals surface area contributed by atoms with E-state index in [-0.39, 0.29) is 23.8 Å². The Morgan fingerprint density at radius 1 is 1.24 bits per heavy atom. The number of ether oxygens (including phenoxy) is 1. The third kappa shape index (κ3) is 3.84. The zero-order valence-corrected chi connectivity index (χ0v) is 13.9. The maximum Gasteiger partial charge on any atom is 0.308 e. The summed E-state index contributed by atoms with van der Waals surface area (Å²) in [6, 6.07) is 5.78. The SMILES string of the molecule is COC(=O)C1CCC(NC(=O)c2cccc(C)c2Br)CC1. The van der Waals surface area contributed by atoms with E-state index in [2.05, 4.69) is 21.2 Å². The van der Waals surface area contributed by atoms with Gasteiger partial charge in [-0.2, -0.15) is 0 Å². The van der Waals surface area contributed by atoms with Crippen LogP contribution >= 0.6 is 15.9 Å². The molecular formula is C16H20BrNO3. The lowest BCUT2D eigenvalue weighted by atomic mass is 9.86. The number of aryl methyl sites for hydroxylation is 1. The van der Waals surface area contributed by atoms with Crippen molar-refractivity contribution in [3.8, 4) is 0 Å². The van der Waals surface area contributed by atoms with Crippen molar-refractivity contribution in [1.82, 2.24) is 5.32 Å². The molecule has 4 nitrogen and oxygen atoms in total. The van der Waals surface area contributed by atoms with Gasteiger partial charge in [-0.25, -0.2) is 0 Å². The molecule has 114 valence electrons. The molecule has 0 atom stereocenters. The molecule has 1 aromatic rings. The zero-order valence-electron chi connectivity index (χ0n) is 12.3. The number of benzene rings is 1. The minimum absolute atomic E-state index is 0.0196. The molecule has 2 rings (SSSR count). The van der Waals surface area contributed by atoms with Gasteiger partial charge in [0.25, 0.3) is 5.91 Å². The Morgan fingerprint density at radius 2 is 1.90 bits per heavy atom. The van der Waals surface area contributed by atoms with Crippen LogP contribution in [0.15, 0.2) is 22.7 Å². The van der Waals surface area contributed by atoms with Gasteiger partial charge in [-0.3, -0.25) is 9.59 Å². The summed E-state index contributed by atoms with van der Waals surface area (Å²) in [5.74, 6) is -0.220. The van der Waals surface area contributed by atoms with Crippen LogP contribution < -0.4 is 5.32 Å². The van der Waals surface area contributed by atoms with Crippen LogP contribution in [0.3, 0.4) is 0 Å². The van der Waals surface area contributed by atoms with Gasteiger partial charge in [-0.05, 0) is 60.2 Å². The average molecular weight is 354 g/mol. The third-order valence-corrected chi connectivity index (χ3v) is 5.09. The van der Waals surface area contributed by atoms with Crippen LogP contribution in [0.4, 0.5) is 0 Å². The van der Waals surface area contributed by atoms with Gasteiger partial charge in [0.1, 0.15) is 0 Å². The number of halogens is 1. The highest BCUT2D eigenvalue weighted by molar-refractivity contribution is 9.10. The van der Waals surface area contributed by atoms with Gasteiger partial charge in [0, 0.05) is 10.5 Å². The minimum atomic E-state index is -0.138. The molecule has 21 heavy (non-hydrogen) atoms. The molecule has 1 aliphatic carbocycles. The summed E-state index contributed by atoms with van der Waals surface area (Å²) >= 11 is 3.46. The number of hydrogen-bond acceptors (Lipinski definition) is 3. The topological polar surface area (TPSA) is 55.4 Å². The van der Waals surface area contributed by atoms with E-state index in [1.165, 1.54) is 7.11 Å². The first-order chi connectivity index (χ1) is 10.0. The lowest BCUT2D eigenvalue weighted by Gasteiger charge is -2.27. The molecule has 0 aromatic heterocycles. The van der Waals surface area contributed by atoms with E-state index in [9.17, 15) is 9.59 Å². The molecule has 1 amide bonds. The predicted molar refractivity (Wildman–Crippen MR) is 84.1 cm³/mol. The van der Waals surface area contributed by atoms with Crippen molar-refractivity contribution >= 4 is 27.8 Å². The highest BCUT2D eigenvalue weighted by Gasteiger charge is 2.28. The Labute approximate surface area is 133 Å². The number of methoxy groups -OCH3 is 1. The quantitative estimate of drug-likeness (QED) is 0.848. The number of carbonyl (C=O) groups excluding carboxylic acids is 2. The summed E-state index contributed by atoms with van der Waals surface area (Å²) in [4.78, 5) is 23.8. The van der Waals surface area contributed by atoms with Crippen molar-refractivity contribution in [2.75, 3.05) is 7.11 Å². The van der Waals surface area contributed by atoms with E-state index in [1.54, 1.807) is 0 Å². The molecule has 1 aromatic carbocycles. The minimum Gasteiger partial charge on any atom is -0.469 e. The van der Waals surface area contributed by atoms with Crippen LogP contribution in [0.1, 0.15) is 41.6 Å². The second kappa shape index (κ2) is 7.07. The van der Waals surface area contributed by atoms with Gasteiger partial charge in [-0.1, -0.05) is 12.1 Å². The normalized spacial score (nSPS) is 21.7. The molecule has 0 heterocycles. The lowest BCUT2D eigenvalue weighted by molar-refractivity contribution is -0.146. The van der Waals surface area contributed by atoms with Gasteiger partial charge in [-0.15, -0.1) is 0 Å². The van der Waals surface area contributed by atoms with Crippen LogP contribution in [-0.4, -0.2) is 25.0 Å². The number of nitrogens with one attached hydrogen (secondary N) is 1. The maximum absolute atomic E-state index is 12.3. The molecule has 5 heteroatoms. The Kier molecular flexibility index (Phi) is 5.39. The molecule has 1 N–H and O–H groups in total. The average Bonchev–Trinajstić information content (AvgIpc) is 2.50. The first kappa shape index (κ1) is 16.0. The molecular weight excluding hydrogens is 334 g/mol. The van der Waals surface area contributed by atoms with E-state index < -0.39 is 0 Å². The monoisotopic (exact) mass is 353 g/mol. The van der Waals surface area contributed by atoms with Crippen LogP contribution in [-0.2, 0) is 9.53 Å². The van der Waals surface area contributed by atoms with Crippen molar-refractivity contribution < 1.29 is 14.3 Å². The number of carbonyl (C=O) groups is 2. The molecule has 0 unspecified atom stereocenters. The Bertz CT molecular complexity index is 536. The fourth-order valence-corrected chi connectivity index (χ4v) is 3.17. The Morgan fingerprint density at radius 3 is 2.52 bits per heavy atom. The molecule has 0 bridgehead atoms. The molecule has 1 fully saturated rings. The summed E-state index contributed by atoms with van der Waals surface area (Å²) in [7, 11) is 1.42. The highest BCUT2D eigenvalue weighted by Crippen LogP contribution is 2.26. The highest BCUT2D eigenvalue weighted by atomic mass is 79.9. The molecule has 0 saturated heterocycles. The lowest BCUT2D eigenvalue weighted by Crippen LogP contribution is -2.39. The Balaban J connectivity index is 1.93. The number of esters is 1. The number of hydrogen-bond donors (Lipinski definition) is 1. The maximum atomic E-state index is 12.3. The van der Waals surface area contributed by atoms with Crippen molar-refractivity contribution in [2.24, 2.45) is 5.92 Å². The first-order valence-electron chi connectivity index (χ1n) is 7.16. The van der Waals surface area contributed by atoms with Crippen molar-refractivity contribution in [3.05, 3.63) is 33.8 Å². The smallest absolute Gasteiger partial charge is 0.308 e. The van der Waals surface area contributed by atoms with Crippen LogP contribution in [0.5, 0.6) is 0 Å². The van der Waals surface area contributed by atoms with Crippen molar-refractivity contribution in [3.63, 3.8) is 0 Å². The van der Waals surface area contributed by atoms with Gasteiger partial charge in [0.05, 0.1) is 18.6 Å². The summed E-state index contributed by atoms with van der Waals surface area (Å²) < 4.78 is 5.61. The summed E-state index contributed by atoms with van der Waals surface area (Å²) in [5.41, 5.74) is 1.70. The van der Waals surface area contributed by atoms with Gasteiger partial charge in [0.15, 0.2) is 0 Å². The van der Waals surface area contributed by atoms with Crippen LogP contribution in [0.25, 0.3) is 0 Å². The second-order valence-electron chi connectivity index (χ2n) is 5.48. The summed E-state index contributed by atoms with van der Waals surface area (Å²) in [5, 5.41) is 3.06. The fourth-order valence-electron chi connectivity index (χ4n) is 2.73. The Hall–Kier alpha value is -1.36. The van der Waals surface area contributed by atoms with E-state index in [0.717, 1.165) is 35.7 Å². The van der Waals surface area contributed by atoms with Crippen molar-refractivity contribution in [1.29, 1.82) is 0 Å². The van der Waals surface area contributed by atoms with Gasteiger partial charge < -0.3 is 10.1 Å². The summed E-state index contributed by atoms with van der Waals surface area (Å²) in [6.07, 6.45) is 3.17. The molecule has 1 saturated carbocycles. The van der Waals surface area contributed by atoms with Crippen molar-refractivity contribution in [2.45, 2.75) is 38.6 Å². The fraction of sp³-hybridized carbons (Fsp3) is 0.500. The molecule has 1 aliphatic rings. The standard InChI is InChI=1S/C16H20BrNO3/c1-10-4-3-5-13(14(10)17)15(19)18-12-8-6-11(7-9-12)16(20)21-2/h3-5,11-12H,6-9H2,1-2H3,(H,18,19). The largest absolute Gasteiger partial charge is 0.469 e. The molecule has 0 aliphatic heterocycles. The molecule has 0 radical (unpaired) electrons. The van der Waals surface area contributed by atoms with Gasteiger partial charge >= 0.3 is 5.97 Å². The second-order valence-corrected chi connectivity index (χ2v) is 6.27.